The van der Waals surface area contributed by atoms with Crippen molar-refractivity contribution in [3.05, 3.63) is 70.3 Å². The first-order valence-electron chi connectivity index (χ1n) is 8.93. The Bertz CT molecular complexity index is 1040. The number of benzene rings is 1. The molecule has 0 aliphatic heterocycles. The third kappa shape index (κ3) is 3.71. The number of carbonyl (C=O) groups excluding carboxylic acids is 1. The van der Waals surface area contributed by atoms with Crippen molar-refractivity contribution in [2.45, 2.75) is 25.7 Å². The average molecular weight is 374 g/mol. The monoisotopic (exact) mass is 374 g/mol. The van der Waals surface area contributed by atoms with Gasteiger partial charge in [0.25, 0.3) is 0 Å². The fourth-order valence-electron chi connectivity index (χ4n) is 3.28. The van der Waals surface area contributed by atoms with Crippen molar-refractivity contribution in [1.82, 2.24) is 0 Å². The smallest absolute Gasteiger partial charge is 0.249 e. The van der Waals surface area contributed by atoms with Gasteiger partial charge in [0.15, 0.2) is 0 Å². The zero-order valence-corrected chi connectivity index (χ0v) is 15.5. The Balaban J connectivity index is 1.47. The fraction of sp³-hybridized carbons (Fsp3) is 0.182. The topological polar surface area (TPSA) is 66.0 Å². The van der Waals surface area contributed by atoms with Crippen molar-refractivity contribution in [3.8, 4) is 17.4 Å². The number of hydrogen-bond acceptors (Lipinski definition) is 4. The molecule has 27 heavy (non-hydrogen) atoms. The van der Waals surface area contributed by atoms with Crippen molar-refractivity contribution >= 4 is 28.3 Å². The van der Waals surface area contributed by atoms with Gasteiger partial charge in [-0.25, -0.2) is 0 Å². The van der Waals surface area contributed by atoms with Crippen LogP contribution in [0.3, 0.4) is 0 Å². The van der Waals surface area contributed by atoms with E-state index in [0.717, 1.165) is 42.6 Å². The number of anilines is 1. The third-order valence-electron chi connectivity index (χ3n) is 4.60. The van der Waals surface area contributed by atoms with Crippen LogP contribution in [0.5, 0.6) is 0 Å². The molecule has 1 aromatic carbocycles. The number of nitrogens with one attached hydrogen (secondary N) is 1. The highest BCUT2D eigenvalue weighted by Gasteiger charge is 2.21. The summed E-state index contributed by atoms with van der Waals surface area (Å²) in [6.45, 7) is 0. The van der Waals surface area contributed by atoms with Crippen molar-refractivity contribution in [2.75, 3.05) is 5.32 Å². The predicted molar refractivity (Wildman–Crippen MR) is 107 cm³/mol. The van der Waals surface area contributed by atoms with E-state index in [4.69, 9.17) is 4.42 Å². The Labute approximate surface area is 161 Å². The van der Waals surface area contributed by atoms with Gasteiger partial charge in [-0.2, -0.15) is 5.26 Å². The number of hydrogen-bond donors (Lipinski definition) is 1. The molecule has 4 nitrogen and oxygen atoms in total. The first kappa shape index (κ1) is 17.3. The van der Waals surface area contributed by atoms with E-state index >= 15 is 0 Å². The van der Waals surface area contributed by atoms with Crippen LogP contribution in [0.25, 0.3) is 17.4 Å². The molecule has 2 heterocycles. The molecule has 5 heteroatoms. The molecule has 134 valence electrons. The molecule has 1 aliphatic rings. The molecule has 0 fully saturated rings. The molecule has 1 amide bonds. The molecule has 0 spiro atoms. The molecule has 0 saturated heterocycles. The van der Waals surface area contributed by atoms with Crippen molar-refractivity contribution < 1.29 is 9.21 Å². The number of furan rings is 1. The molecule has 1 N–H and O–H groups in total. The zero-order valence-electron chi connectivity index (χ0n) is 14.7. The quantitative estimate of drug-likeness (QED) is 0.621. The molecule has 0 bridgehead atoms. The number of amides is 1. The number of fused-ring (bicyclic) bond motifs is 1. The number of nitrogens with zero attached hydrogens (tertiary/aromatic N) is 1. The molecule has 0 saturated carbocycles. The highest BCUT2D eigenvalue weighted by Crippen LogP contribution is 2.37. The Kier molecular flexibility index (Phi) is 4.91. The standard InChI is InChI=1S/C22H18N2O2S/c23-14-18-17-8-4-5-9-20(17)27-22(18)24-21(25)13-11-16-10-12-19(26-16)15-6-2-1-3-7-15/h1-3,6-7,10-13H,4-5,8-9H2,(H,24,25)/b13-11+. The highest BCUT2D eigenvalue weighted by molar-refractivity contribution is 7.16. The summed E-state index contributed by atoms with van der Waals surface area (Å²) in [6.07, 6.45) is 7.25. The van der Waals surface area contributed by atoms with E-state index in [1.807, 2.05) is 42.5 Å². The summed E-state index contributed by atoms with van der Waals surface area (Å²) in [6, 6.07) is 15.8. The van der Waals surface area contributed by atoms with Gasteiger partial charge < -0.3 is 9.73 Å². The van der Waals surface area contributed by atoms with Gasteiger partial charge in [-0.3, -0.25) is 4.79 Å². The first-order valence-corrected chi connectivity index (χ1v) is 9.75. The van der Waals surface area contributed by atoms with Crippen LogP contribution in [0.1, 0.15) is 34.6 Å². The van der Waals surface area contributed by atoms with E-state index in [1.165, 1.54) is 22.3 Å². The first-order chi connectivity index (χ1) is 13.2. The van der Waals surface area contributed by atoms with Crippen LogP contribution >= 0.6 is 11.3 Å². The summed E-state index contributed by atoms with van der Waals surface area (Å²) in [5.41, 5.74) is 2.73. The normalized spacial score (nSPS) is 13.3. The minimum Gasteiger partial charge on any atom is -0.457 e. The van der Waals surface area contributed by atoms with Crippen molar-refractivity contribution in [2.24, 2.45) is 0 Å². The summed E-state index contributed by atoms with van der Waals surface area (Å²) < 4.78 is 5.76. The minimum absolute atomic E-state index is 0.261. The second-order valence-electron chi connectivity index (χ2n) is 6.42. The molecule has 2 aromatic heterocycles. The van der Waals surface area contributed by atoms with Crippen molar-refractivity contribution in [1.29, 1.82) is 5.26 Å². The largest absolute Gasteiger partial charge is 0.457 e. The highest BCUT2D eigenvalue weighted by atomic mass is 32.1. The lowest BCUT2D eigenvalue weighted by Gasteiger charge is -2.09. The van der Waals surface area contributed by atoms with Gasteiger partial charge >= 0.3 is 0 Å². The van der Waals surface area contributed by atoms with E-state index in [9.17, 15) is 10.1 Å². The summed E-state index contributed by atoms with van der Waals surface area (Å²) >= 11 is 1.53. The molecule has 0 atom stereocenters. The number of thiophene rings is 1. The summed E-state index contributed by atoms with van der Waals surface area (Å²) in [5, 5.41) is 13.0. The fourth-order valence-corrected chi connectivity index (χ4v) is 4.53. The molecule has 0 radical (unpaired) electrons. The third-order valence-corrected chi connectivity index (χ3v) is 5.81. The van der Waals surface area contributed by atoms with Crippen LogP contribution < -0.4 is 5.32 Å². The second kappa shape index (κ2) is 7.65. The van der Waals surface area contributed by atoms with Gasteiger partial charge in [-0.1, -0.05) is 30.3 Å². The van der Waals surface area contributed by atoms with Crippen LogP contribution in [-0.2, 0) is 17.6 Å². The predicted octanol–water partition coefficient (Wildman–Crippen LogP) is 5.41. The van der Waals surface area contributed by atoms with E-state index in [-0.39, 0.29) is 5.91 Å². The van der Waals surface area contributed by atoms with E-state index in [1.54, 1.807) is 6.08 Å². The van der Waals surface area contributed by atoms with Crippen molar-refractivity contribution in [3.63, 3.8) is 0 Å². The Morgan fingerprint density at radius 3 is 2.78 bits per heavy atom. The van der Waals surface area contributed by atoms with Gasteiger partial charge in [-0.15, -0.1) is 11.3 Å². The van der Waals surface area contributed by atoms with Crippen LogP contribution in [-0.4, -0.2) is 5.91 Å². The van der Waals surface area contributed by atoms with E-state index in [2.05, 4.69) is 11.4 Å². The van der Waals surface area contributed by atoms with Gasteiger partial charge in [0.2, 0.25) is 5.91 Å². The van der Waals surface area contributed by atoms with Gasteiger partial charge in [0.1, 0.15) is 22.6 Å². The minimum atomic E-state index is -0.261. The SMILES string of the molecule is N#Cc1c(NC(=O)/C=C/c2ccc(-c3ccccc3)o2)sc2c1CCCC2. The number of rotatable bonds is 4. The molecule has 3 aromatic rings. The van der Waals surface area contributed by atoms with Gasteiger partial charge in [-0.05, 0) is 49.5 Å². The lowest BCUT2D eigenvalue weighted by Crippen LogP contribution is -2.07. The van der Waals surface area contributed by atoms with Gasteiger partial charge in [0, 0.05) is 16.5 Å². The van der Waals surface area contributed by atoms with Crippen LogP contribution in [0, 0.1) is 11.3 Å². The Morgan fingerprint density at radius 2 is 1.96 bits per heavy atom. The van der Waals surface area contributed by atoms with Crippen LogP contribution in [0.4, 0.5) is 5.00 Å². The maximum atomic E-state index is 12.3. The zero-order chi connectivity index (χ0) is 18.6. The summed E-state index contributed by atoms with van der Waals surface area (Å²) in [4.78, 5) is 13.5. The number of nitriles is 1. The van der Waals surface area contributed by atoms with Gasteiger partial charge in [0.05, 0.1) is 5.56 Å². The number of aryl methyl sites for hydroxylation is 1. The van der Waals surface area contributed by atoms with E-state index < -0.39 is 0 Å². The lowest BCUT2D eigenvalue weighted by molar-refractivity contribution is -0.111. The summed E-state index contributed by atoms with van der Waals surface area (Å²) in [7, 11) is 0. The lowest BCUT2D eigenvalue weighted by atomic mass is 9.96. The van der Waals surface area contributed by atoms with E-state index in [0.29, 0.717) is 16.3 Å². The Hall–Kier alpha value is -3.10. The second-order valence-corrected chi connectivity index (χ2v) is 7.52. The molecule has 4 rings (SSSR count). The Morgan fingerprint density at radius 1 is 1.15 bits per heavy atom. The average Bonchev–Trinajstić information content (AvgIpc) is 3.31. The molecular formula is C22H18N2O2S. The summed E-state index contributed by atoms with van der Waals surface area (Å²) in [5.74, 6) is 1.10. The van der Waals surface area contributed by atoms with Crippen LogP contribution in [0.2, 0.25) is 0 Å². The maximum Gasteiger partial charge on any atom is 0.249 e. The number of carbonyl (C=O) groups is 1. The molecular weight excluding hydrogens is 356 g/mol. The van der Waals surface area contributed by atoms with Crippen LogP contribution in [0.15, 0.2) is 53.0 Å². The molecule has 1 aliphatic carbocycles. The molecule has 0 unspecified atom stereocenters. The maximum absolute atomic E-state index is 12.3.